The molecule has 1 heterocycles. The van der Waals surface area contributed by atoms with Crippen LogP contribution in [0, 0.1) is 0 Å². The van der Waals surface area contributed by atoms with E-state index in [9.17, 15) is 9.59 Å². The summed E-state index contributed by atoms with van der Waals surface area (Å²) in [6.45, 7) is 0.272. The van der Waals surface area contributed by atoms with Crippen molar-refractivity contribution in [3.63, 3.8) is 0 Å². The van der Waals surface area contributed by atoms with Gasteiger partial charge in [0.25, 0.3) is 5.91 Å². The predicted molar refractivity (Wildman–Crippen MR) is 79.5 cm³/mol. The van der Waals surface area contributed by atoms with E-state index in [1.165, 1.54) is 7.11 Å². The van der Waals surface area contributed by atoms with E-state index in [1.807, 2.05) is 0 Å². The van der Waals surface area contributed by atoms with Crippen LogP contribution < -0.4 is 15.8 Å². The Labute approximate surface area is 128 Å². The van der Waals surface area contributed by atoms with Crippen molar-refractivity contribution in [1.29, 1.82) is 0 Å². The second kappa shape index (κ2) is 7.77. The Morgan fingerprint density at radius 1 is 1.32 bits per heavy atom. The molecule has 1 aromatic rings. The molecule has 1 saturated heterocycles. The molecule has 2 atom stereocenters. The predicted octanol–water partition coefficient (Wildman–Crippen LogP) is 0.683. The summed E-state index contributed by atoms with van der Waals surface area (Å²) in [6, 6.07) is 6.72. The minimum atomic E-state index is -0.455. The quantitative estimate of drug-likeness (QED) is 0.750. The molecule has 1 aliphatic heterocycles. The molecule has 0 bridgehead atoms. The zero-order valence-corrected chi connectivity index (χ0v) is 12.4. The number of hydrogen-bond donors (Lipinski definition) is 2. The number of amides is 1. The highest BCUT2D eigenvalue weighted by Gasteiger charge is 2.29. The fourth-order valence-electron chi connectivity index (χ4n) is 2.13. The summed E-state index contributed by atoms with van der Waals surface area (Å²) in [5.74, 6) is -0.117. The molecule has 7 heteroatoms. The van der Waals surface area contributed by atoms with Gasteiger partial charge in [-0.25, -0.2) is 4.79 Å². The van der Waals surface area contributed by atoms with Crippen molar-refractivity contribution < 1.29 is 23.8 Å². The van der Waals surface area contributed by atoms with Crippen LogP contribution in [-0.2, 0) is 19.1 Å². The van der Waals surface area contributed by atoms with Gasteiger partial charge in [0.2, 0.25) is 0 Å². The first-order valence-electron chi connectivity index (χ1n) is 7.08. The van der Waals surface area contributed by atoms with Gasteiger partial charge in [0, 0.05) is 12.2 Å². The maximum atomic E-state index is 12.0. The number of ether oxygens (including phenoxy) is 3. The topological polar surface area (TPSA) is 99.9 Å². The summed E-state index contributed by atoms with van der Waals surface area (Å²) in [5, 5.41) is 2.78. The van der Waals surface area contributed by atoms with Crippen molar-refractivity contribution in [2.75, 3.05) is 25.6 Å². The Balaban J connectivity index is 1.83. The maximum absolute atomic E-state index is 12.0. The summed E-state index contributed by atoms with van der Waals surface area (Å²) in [7, 11) is 1.30. The Morgan fingerprint density at radius 2 is 2.05 bits per heavy atom. The van der Waals surface area contributed by atoms with Crippen molar-refractivity contribution in [2.24, 2.45) is 5.73 Å². The third kappa shape index (κ3) is 4.44. The monoisotopic (exact) mass is 308 g/mol. The van der Waals surface area contributed by atoms with Crippen LogP contribution in [0.5, 0.6) is 5.75 Å². The number of nitrogens with one attached hydrogen (secondary N) is 1. The number of benzene rings is 1. The standard InChI is InChI=1S/C15H20N2O5/c1-20-14(18)9-21-11-4-2-10(3-5-11)17-15(19)13-7-6-12(8-16)22-13/h2-5,12-13H,6-9,16H2,1H3,(H,17,19)/t12-,13+/m1/s1. The number of carbonyl (C=O) groups excluding carboxylic acids is 2. The van der Waals surface area contributed by atoms with Crippen LogP contribution in [0.2, 0.25) is 0 Å². The Kier molecular flexibility index (Phi) is 5.74. The third-order valence-electron chi connectivity index (χ3n) is 3.37. The molecule has 0 radical (unpaired) electrons. The number of methoxy groups -OCH3 is 1. The summed E-state index contributed by atoms with van der Waals surface area (Å²) < 4.78 is 15.2. The van der Waals surface area contributed by atoms with E-state index in [0.717, 1.165) is 6.42 Å². The molecule has 1 amide bonds. The van der Waals surface area contributed by atoms with E-state index in [2.05, 4.69) is 10.1 Å². The minimum Gasteiger partial charge on any atom is -0.482 e. The molecule has 1 aromatic carbocycles. The Morgan fingerprint density at radius 3 is 2.64 bits per heavy atom. The van der Waals surface area contributed by atoms with Gasteiger partial charge in [-0.05, 0) is 37.1 Å². The van der Waals surface area contributed by atoms with Crippen LogP contribution in [0.25, 0.3) is 0 Å². The molecule has 7 nitrogen and oxygen atoms in total. The summed E-state index contributed by atoms with van der Waals surface area (Å²) in [6.07, 6.45) is 0.983. The highest BCUT2D eigenvalue weighted by Crippen LogP contribution is 2.21. The molecule has 0 aliphatic carbocycles. The number of rotatable bonds is 6. The van der Waals surface area contributed by atoms with Gasteiger partial charge in [0.15, 0.2) is 6.61 Å². The average molecular weight is 308 g/mol. The average Bonchev–Trinajstić information content (AvgIpc) is 3.03. The number of esters is 1. The molecule has 22 heavy (non-hydrogen) atoms. The van der Waals surface area contributed by atoms with Gasteiger partial charge in [0.1, 0.15) is 11.9 Å². The smallest absolute Gasteiger partial charge is 0.343 e. The molecule has 0 spiro atoms. The zero-order valence-electron chi connectivity index (χ0n) is 12.4. The largest absolute Gasteiger partial charge is 0.482 e. The first-order valence-corrected chi connectivity index (χ1v) is 7.08. The van der Waals surface area contributed by atoms with Crippen LogP contribution in [-0.4, -0.2) is 44.3 Å². The van der Waals surface area contributed by atoms with Gasteiger partial charge < -0.3 is 25.3 Å². The SMILES string of the molecule is COC(=O)COc1ccc(NC(=O)[C@@H]2CC[C@H](CN)O2)cc1. The molecule has 0 saturated carbocycles. The second-order valence-electron chi connectivity index (χ2n) is 4.94. The van der Waals surface area contributed by atoms with Crippen LogP contribution >= 0.6 is 0 Å². The Bertz CT molecular complexity index is 517. The number of anilines is 1. The van der Waals surface area contributed by atoms with Gasteiger partial charge in [0.05, 0.1) is 13.2 Å². The normalized spacial score (nSPS) is 20.5. The van der Waals surface area contributed by atoms with E-state index in [-0.39, 0.29) is 18.6 Å². The van der Waals surface area contributed by atoms with Crippen molar-refractivity contribution in [1.82, 2.24) is 0 Å². The summed E-state index contributed by atoms with van der Waals surface area (Å²) in [4.78, 5) is 23.0. The highest BCUT2D eigenvalue weighted by molar-refractivity contribution is 5.94. The maximum Gasteiger partial charge on any atom is 0.343 e. The van der Waals surface area contributed by atoms with Gasteiger partial charge >= 0.3 is 5.97 Å². The molecular weight excluding hydrogens is 288 g/mol. The minimum absolute atomic E-state index is 0.0372. The lowest BCUT2D eigenvalue weighted by Gasteiger charge is -2.13. The molecule has 3 N–H and O–H groups in total. The molecule has 0 unspecified atom stereocenters. The number of hydrogen-bond acceptors (Lipinski definition) is 6. The lowest BCUT2D eigenvalue weighted by atomic mass is 10.2. The Hall–Kier alpha value is -2.12. The molecule has 0 aromatic heterocycles. The van der Waals surface area contributed by atoms with E-state index in [0.29, 0.717) is 24.4 Å². The van der Waals surface area contributed by atoms with E-state index < -0.39 is 12.1 Å². The van der Waals surface area contributed by atoms with Crippen LogP contribution in [0.15, 0.2) is 24.3 Å². The van der Waals surface area contributed by atoms with Gasteiger partial charge in [-0.1, -0.05) is 0 Å². The molecular formula is C15H20N2O5. The van der Waals surface area contributed by atoms with Gasteiger partial charge in [-0.15, -0.1) is 0 Å². The fourth-order valence-corrected chi connectivity index (χ4v) is 2.13. The van der Waals surface area contributed by atoms with Crippen molar-refractivity contribution in [3.8, 4) is 5.75 Å². The fraction of sp³-hybridized carbons (Fsp3) is 0.467. The lowest BCUT2D eigenvalue weighted by Crippen LogP contribution is -2.29. The van der Waals surface area contributed by atoms with Crippen LogP contribution in [0.3, 0.4) is 0 Å². The number of nitrogens with two attached hydrogens (primary N) is 1. The van der Waals surface area contributed by atoms with Gasteiger partial charge in [-0.3, -0.25) is 4.79 Å². The van der Waals surface area contributed by atoms with Crippen LogP contribution in [0.1, 0.15) is 12.8 Å². The lowest BCUT2D eigenvalue weighted by molar-refractivity contribution is -0.142. The van der Waals surface area contributed by atoms with E-state index in [1.54, 1.807) is 24.3 Å². The zero-order chi connectivity index (χ0) is 15.9. The second-order valence-corrected chi connectivity index (χ2v) is 4.94. The summed E-state index contributed by atoms with van der Waals surface area (Å²) in [5.41, 5.74) is 6.16. The molecule has 120 valence electrons. The van der Waals surface area contributed by atoms with Crippen molar-refractivity contribution in [3.05, 3.63) is 24.3 Å². The highest BCUT2D eigenvalue weighted by atomic mass is 16.6. The molecule has 2 rings (SSSR count). The van der Waals surface area contributed by atoms with Gasteiger partial charge in [-0.2, -0.15) is 0 Å². The van der Waals surface area contributed by atoms with E-state index in [4.69, 9.17) is 15.2 Å². The van der Waals surface area contributed by atoms with E-state index >= 15 is 0 Å². The molecule has 1 aliphatic rings. The van der Waals surface area contributed by atoms with Crippen molar-refractivity contribution >= 4 is 17.6 Å². The number of carbonyl (C=O) groups is 2. The first kappa shape index (κ1) is 16.3. The van der Waals surface area contributed by atoms with Crippen LogP contribution in [0.4, 0.5) is 5.69 Å². The summed E-state index contributed by atoms with van der Waals surface area (Å²) >= 11 is 0. The first-order chi connectivity index (χ1) is 10.6. The van der Waals surface area contributed by atoms with Crippen molar-refractivity contribution in [2.45, 2.75) is 25.0 Å². The molecule has 1 fully saturated rings. The third-order valence-corrected chi connectivity index (χ3v) is 3.37.